The van der Waals surface area contributed by atoms with E-state index < -0.39 is 60.6 Å². The number of carbonyl (C=O) groups is 2. The summed E-state index contributed by atoms with van der Waals surface area (Å²) in [7, 11) is 0. The molecule has 0 aliphatic carbocycles. The van der Waals surface area contributed by atoms with E-state index in [4.69, 9.17) is 9.84 Å². The number of carboxylic acid groups (broad SMARTS) is 1. The van der Waals surface area contributed by atoms with Crippen LogP contribution in [0.5, 0.6) is 5.75 Å². The van der Waals surface area contributed by atoms with Crippen LogP contribution in [0, 0.1) is 5.82 Å². The summed E-state index contributed by atoms with van der Waals surface area (Å²) < 4.78 is 76.8. The number of anilines is 1. The van der Waals surface area contributed by atoms with Crippen LogP contribution >= 0.6 is 0 Å². The number of hydrogen-bond donors (Lipinski definition) is 3. The Morgan fingerprint density at radius 2 is 2.00 bits per heavy atom. The summed E-state index contributed by atoms with van der Waals surface area (Å²) in [5, 5.41) is 12.7. The Morgan fingerprint density at radius 3 is 2.59 bits per heavy atom. The van der Waals surface area contributed by atoms with Crippen LogP contribution in [-0.4, -0.2) is 52.2 Å². The zero-order valence-corrected chi connectivity index (χ0v) is 17.2. The third kappa shape index (κ3) is 5.65. The second-order valence-corrected chi connectivity index (χ2v) is 7.07. The number of ether oxygens (including phenoxy) is 2. The number of nitrogens with one attached hydrogen (secondary N) is 2. The number of halogens is 5. The molecule has 0 saturated carbocycles. The minimum Gasteiger partial charge on any atom is -0.465 e. The summed E-state index contributed by atoms with van der Waals surface area (Å²) in [4.78, 5) is 34.1. The summed E-state index contributed by atoms with van der Waals surface area (Å²) in [5.41, 5.74) is -2.87. The molecular formula is C19H16F5N5O5. The zero-order chi connectivity index (χ0) is 25.1. The SMILES string of the molecule is C[C@@]1(c2nc(NC(=O)c3ccc(OCF)cn3)ccc2F)C[C@@H](C(F)(F)F)N=C(NC(=O)O)O1. The standard InChI is InChI=1S/C19H16F5N5O5/c1-18(6-12(19(22,23)24)26-16(34-18)29-17(31)32)14-10(21)3-5-13(27-14)28-15(30)11-4-2-9(7-25-11)33-8-20/h2-5,7,12H,6,8H2,1H3,(H,26,29)(H,31,32)(H,27,28,30)/t12-,18-/m0/s1. The number of alkyl halides is 4. The third-order valence-corrected chi connectivity index (χ3v) is 4.55. The molecule has 34 heavy (non-hydrogen) atoms. The van der Waals surface area contributed by atoms with E-state index in [9.17, 15) is 31.5 Å². The molecule has 2 aromatic heterocycles. The Bertz CT molecular complexity index is 1110. The van der Waals surface area contributed by atoms with E-state index in [1.165, 1.54) is 12.1 Å². The number of hydrogen-bond acceptors (Lipinski definition) is 7. The average molecular weight is 489 g/mol. The minimum absolute atomic E-state index is 0.0651. The van der Waals surface area contributed by atoms with Crippen molar-refractivity contribution >= 4 is 23.8 Å². The minimum atomic E-state index is -4.89. The molecule has 0 aromatic carbocycles. The molecule has 1 aliphatic rings. The van der Waals surface area contributed by atoms with Gasteiger partial charge in [0.15, 0.2) is 11.6 Å². The fourth-order valence-electron chi connectivity index (χ4n) is 3.05. The number of rotatable bonds is 5. The van der Waals surface area contributed by atoms with Crippen molar-refractivity contribution in [3.05, 3.63) is 47.7 Å². The highest BCUT2D eigenvalue weighted by molar-refractivity contribution is 6.02. The lowest BCUT2D eigenvalue weighted by atomic mass is 9.91. The molecule has 15 heteroatoms. The van der Waals surface area contributed by atoms with Crippen molar-refractivity contribution in [2.45, 2.75) is 31.2 Å². The first-order valence-electron chi connectivity index (χ1n) is 9.38. The van der Waals surface area contributed by atoms with Crippen molar-refractivity contribution in [2.24, 2.45) is 4.99 Å². The van der Waals surface area contributed by atoms with Gasteiger partial charge >= 0.3 is 12.3 Å². The fourth-order valence-corrected chi connectivity index (χ4v) is 3.05. The van der Waals surface area contributed by atoms with Gasteiger partial charge in [0.2, 0.25) is 6.86 Å². The molecule has 1 aliphatic heterocycles. The largest absolute Gasteiger partial charge is 0.465 e. The smallest absolute Gasteiger partial charge is 0.412 e. The van der Waals surface area contributed by atoms with E-state index >= 15 is 0 Å². The van der Waals surface area contributed by atoms with Gasteiger partial charge in [0.1, 0.15) is 28.8 Å². The van der Waals surface area contributed by atoms with Crippen molar-refractivity contribution < 1.29 is 46.1 Å². The van der Waals surface area contributed by atoms with Gasteiger partial charge in [-0.25, -0.2) is 33.9 Å². The Kier molecular flexibility index (Phi) is 6.83. The lowest BCUT2D eigenvalue weighted by molar-refractivity contribution is -0.164. The van der Waals surface area contributed by atoms with Crippen molar-refractivity contribution in [2.75, 3.05) is 12.2 Å². The average Bonchev–Trinajstić information content (AvgIpc) is 2.74. The second-order valence-electron chi connectivity index (χ2n) is 7.07. The summed E-state index contributed by atoms with van der Waals surface area (Å²) in [6, 6.07) is 0.979. The van der Waals surface area contributed by atoms with E-state index in [-0.39, 0.29) is 17.3 Å². The molecule has 10 nitrogen and oxygen atoms in total. The highest BCUT2D eigenvalue weighted by atomic mass is 19.4. The molecule has 0 saturated heterocycles. The number of amides is 2. The molecule has 0 spiro atoms. The van der Waals surface area contributed by atoms with Crippen molar-refractivity contribution in [3.63, 3.8) is 0 Å². The number of carbonyl (C=O) groups excluding carboxylic acids is 1. The van der Waals surface area contributed by atoms with Crippen LogP contribution in [0.1, 0.15) is 29.5 Å². The lowest BCUT2D eigenvalue weighted by Gasteiger charge is -2.37. The Hall–Kier alpha value is -4.04. The number of aliphatic imine (C=N–C) groups is 1. The van der Waals surface area contributed by atoms with Gasteiger partial charge < -0.3 is 19.9 Å². The van der Waals surface area contributed by atoms with E-state index in [2.05, 4.69) is 25.0 Å². The van der Waals surface area contributed by atoms with Gasteiger partial charge in [-0.2, -0.15) is 13.2 Å². The number of nitrogens with zero attached hydrogens (tertiary/aromatic N) is 3. The summed E-state index contributed by atoms with van der Waals surface area (Å²) in [6.45, 7) is -0.0218. The molecule has 3 N–H and O–H groups in total. The quantitative estimate of drug-likeness (QED) is 0.548. The van der Waals surface area contributed by atoms with Crippen LogP contribution < -0.4 is 15.4 Å². The molecule has 0 radical (unpaired) electrons. The van der Waals surface area contributed by atoms with Gasteiger partial charge in [0.25, 0.3) is 11.9 Å². The molecule has 3 rings (SSSR count). The van der Waals surface area contributed by atoms with Gasteiger partial charge in [-0.05, 0) is 31.2 Å². The maximum atomic E-state index is 14.6. The van der Waals surface area contributed by atoms with E-state index in [1.54, 1.807) is 5.32 Å². The van der Waals surface area contributed by atoms with E-state index in [1.807, 2.05) is 0 Å². The maximum absolute atomic E-state index is 14.6. The first-order valence-corrected chi connectivity index (χ1v) is 9.38. The topological polar surface area (TPSA) is 135 Å². The molecule has 3 heterocycles. The number of amidine groups is 1. The molecule has 182 valence electrons. The van der Waals surface area contributed by atoms with Crippen molar-refractivity contribution in [1.29, 1.82) is 0 Å². The van der Waals surface area contributed by atoms with Gasteiger partial charge in [-0.3, -0.25) is 4.79 Å². The number of pyridine rings is 2. The summed E-state index contributed by atoms with van der Waals surface area (Å²) in [5.74, 6) is -2.07. The molecule has 0 bridgehead atoms. The van der Waals surface area contributed by atoms with Crippen LogP contribution in [0.3, 0.4) is 0 Å². The maximum Gasteiger partial charge on any atom is 0.412 e. The van der Waals surface area contributed by atoms with Crippen molar-refractivity contribution in [3.8, 4) is 5.75 Å². The molecular weight excluding hydrogens is 473 g/mol. The highest BCUT2D eigenvalue weighted by Crippen LogP contribution is 2.40. The Balaban J connectivity index is 1.89. The summed E-state index contributed by atoms with van der Waals surface area (Å²) in [6.07, 6.45) is -6.46. The van der Waals surface area contributed by atoms with E-state index in [0.717, 1.165) is 25.3 Å². The van der Waals surface area contributed by atoms with Crippen LogP contribution in [0.25, 0.3) is 0 Å². The number of aromatic nitrogens is 2. The normalized spacial score (nSPS) is 20.1. The Labute approximate surface area is 187 Å². The van der Waals surface area contributed by atoms with Crippen molar-refractivity contribution in [1.82, 2.24) is 15.3 Å². The fraction of sp³-hybridized carbons (Fsp3) is 0.316. The van der Waals surface area contributed by atoms with Gasteiger partial charge in [-0.1, -0.05) is 0 Å². The third-order valence-electron chi connectivity index (χ3n) is 4.55. The van der Waals surface area contributed by atoms with Crippen LogP contribution in [-0.2, 0) is 10.3 Å². The molecule has 0 fully saturated rings. The first kappa shape index (κ1) is 24.6. The van der Waals surface area contributed by atoms with Gasteiger partial charge in [-0.15, -0.1) is 0 Å². The van der Waals surface area contributed by atoms with Crippen LogP contribution in [0.4, 0.5) is 32.6 Å². The highest BCUT2D eigenvalue weighted by Gasteiger charge is 2.50. The van der Waals surface area contributed by atoms with Gasteiger partial charge in [0.05, 0.1) is 6.20 Å². The van der Waals surface area contributed by atoms with Crippen LogP contribution in [0.2, 0.25) is 0 Å². The second kappa shape index (κ2) is 9.44. The predicted octanol–water partition coefficient (Wildman–Crippen LogP) is 3.36. The van der Waals surface area contributed by atoms with E-state index in [0.29, 0.717) is 0 Å². The molecule has 2 aromatic rings. The lowest BCUT2D eigenvalue weighted by Crippen LogP contribution is -2.48. The zero-order valence-electron chi connectivity index (χ0n) is 17.2. The predicted molar refractivity (Wildman–Crippen MR) is 104 cm³/mol. The molecule has 2 atom stereocenters. The molecule has 0 unspecified atom stereocenters. The monoisotopic (exact) mass is 489 g/mol. The summed E-state index contributed by atoms with van der Waals surface area (Å²) >= 11 is 0. The Morgan fingerprint density at radius 1 is 1.26 bits per heavy atom. The first-order chi connectivity index (χ1) is 15.9. The van der Waals surface area contributed by atoms with Gasteiger partial charge in [0, 0.05) is 6.42 Å². The van der Waals surface area contributed by atoms with Crippen LogP contribution in [0.15, 0.2) is 35.5 Å². The molecule has 2 amide bonds.